The summed E-state index contributed by atoms with van der Waals surface area (Å²) in [6.45, 7) is 4.49. The van der Waals surface area contributed by atoms with Crippen LogP contribution in [-0.4, -0.2) is 29.2 Å². The normalized spacial score (nSPS) is 15.8. The average Bonchev–Trinajstić information content (AvgIpc) is 3.02. The number of hydrogen-bond donors (Lipinski definition) is 0. The van der Waals surface area contributed by atoms with Crippen molar-refractivity contribution < 1.29 is 9.13 Å². The Morgan fingerprint density at radius 3 is 2.72 bits per heavy atom. The number of benzene rings is 1. The van der Waals surface area contributed by atoms with Crippen LogP contribution in [0.5, 0.6) is 0 Å². The van der Waals surface area contributed by atoms with E-state index in [4.69, 9.17) is 4.74 Å². The highest BCUT2D eigenvalue weighted by molar-refractivity contribution is 7.18. The lowest BCUT2D eigenvalue weighted by atomic mass is 10.1. The summed E-state index contributed by atoms with van der Waals surface area (Å²) >= 11 is 1.71. The minimum Gasteiger partial charge on any atom is -0.373 e. The topological polar surface area (TPSA) is 38.2 Å². The van der Waals surface area contributed by atoms with Gasteiger partial charge in [-0.25, -0.2) is 14.4 Å². The van der Waals surface area contributed by atoms with Crippen molar-refractivity contribution in [2.24, 2.45) is 0 Å². The van der Waals surface area contributed by atoms with Gasteiger partial charge in [0.2, 0.25) is 0 Å². The molecule has 0 unspecified atom stereocenters. The Bertz CT molecular complexity index is 857. The highest BCUT2D eigenvalue weighted by Crippen LogP contribution is 2.31. The summed E-state index contributed by atoms with van der Waals surface area (Å²) in [5, 5.41) is 1.15. The van der Waals surface area contributed by atoms with E-state index in [9.17, 15) is 4.39 Å². The number of piperidine rings is 1. The maximum Gasteiger partial charge on any atom is 0.140 e. The zero-order valence-electron chi connectivity index (χ0n) is 14.1. The molecule has 4 rings (SSSR count). The lowest BCUT2D eigenvalue weighted by molar-refractivity contribution is 0.0250. The number of fused-ring (bicyclic) bond motifs is 1. The largest absolute Gasteiger partial charge is 0.373 e. The maximum absolute atomic E-state index is 12.9. The van der Waals surface area contributed by atoms with Crippen molar-refractivity contribution in [2.75, 3.05) is 18.0 Å². The van der Waals surface area contributed by atoms with Gasteiger partial charge in [0.05, 0.1) is 18.1 Å². The number of ether oxygens (including phenoxy) is 1. The molecule has 4 nitrogen and oxygen atoms in total. The van der Waals surface area contributed by atoms with Crippen LogP contribution in [0.2, 0.25) is 0 Å². The van der Waals surface area contributed by atoms with Crippen LogP contribution in [0.1, 0.15) is 23.3 Å². The molecule has 0 radical (unpaired) electrons. The fraction of sp³-hybridized carbons (Fsp3) is 0.368. The quantitative estimate of drug-likeness (QED) is 0.697. The summed E-state index contributed by atoms with van der Waals surface area (Å²) in [5.74, 6) is 0.822. The first-order valence-corrected chi connectivity index (χ1v) is 9.33. The molecule has 130 valence electrons. The van der Waals surface area contributed by atoms with Crippen molar-refractivity contribution in [3.63, 3.8) is 0 Å². The van der Waals surface area contributed by atoms with Crippen LogP contribution in [0, 0.1) is 12.7 Å². The Morgan fingerprint density at radius 1 is 1.20 bits per heavy atom. The molecule has 0 atom stereocenters. The summed E-state index contributed by atoms with van der Waals surface area (Å²) in [6.07, 6.45) is 3.83. The molecule has 1 aliphatic heterocycles. The smallest absolute Gasteiger partial charge is 0.140 e. The number of anilines is 1. The Kier molecular flexibility index (Phi) is 4.63. The van der Waals surface area contributed by atoms with E-state index in [1.165, 1.54) is 17.0 Å². The van der Waals surface area contributed by atoms with Crippen molar-refractivity contribution in [1.82, 2.24) is 9.97 Å². The Labute approximate surface area is 150 Å². The van der Waals surface area contributed by atoms with Crippen molar-refractivity contribution in [1.29, 1.82) is 0 Å². The van der Waals surface area contributed by atoms with Crippen LogP contribution < -0.4 is 4.90 Å². The molecule has 25 heavy (non-hydrogen) atoms. The van der Waals surface area contributed by atoms with Gasteiger partial charge in [-0.1, -0.05) is 12.1 Å². The van der Waals surface area contributed by atoms with Crippen molar-refractivity contribution in [3.05, 3.63) is 52.9 Å². The van der Waals surface area contributed by atoms with E-state index >= 15 is 0 Å². The number of halogens is 1. The van der Waals surface area contributed by atoms with E-state index in [2.05, 4.69) is 27.9 Å². The van der Waals surface area contributed by atoms with Gasteiger partial charge >= 0.3 is 0 Å². The number of nitrogens with zero attached hydrogens (tertiary/aromatic N) is 3. The predicted molar refractivity (Wildman–Crippen MR) is 98.6 cm³/mol. The molecule has 6 heteroatoms. The summed E-state index contributed by atoms with van der Waals surface area (Å²) in [4.78, 5) is 13.5. The highest BCUT2D eigenvalue weighted by atomic mass is 32.1. The van der Waals surface area contributed by atoms with E-state index < -0.39 is 0 Å². The van der Waals surface area contributed by atoms with E-state index in [1.54, 1.807) is 29.8 Å². The molecule has 0 spiro atoms. The number of thiophene rings is 1. The van der Waals surface area contributed by atoms with E-state index in [-0.39, 0.29) is 11.9 Å². The molecule has 0 N–H and O–H groups in total. The summed E-state index contributed by atoms with van der Waals surface area (Å²) in [7, 11) is 0. The van der Waals surface area contributed by atoms with Gasteiger partial charge in [0.15, 0.2) is 0 Å². The second-order valence-corrected chi connectivity index (χ2v) is 7.63. The predicted octanol–water partition coefficient (Wildman–Crippen LogP) is 4.32. The van der Waals surface area contributed by atoms with Crippen LogP contribution in [0.3, 0.4) is 0 Å². The van der Waals surface area contributed by atoms with E-state index in [1.807, 2.05) is 0 Å². The fourth-order valence-electron chi connectivity index (χ4n) is 3.24. The Morgan fingerprint density at radius 2 is 1.96 bits per heavy atom. The monoisotopic (exact) mass is 357 g/mol. The van der Waals surface area contributed by atoms with Crippen molar-refractivity contribution >= 4 is 27.4 Å². The van der Waals surface area contributed by atoms with Gasteiger partial charge in [0.25, 0.3) is 0 Å². The molecule has 2 aromatic heterocycles. The third-order valence-electron chi connectivity index (χ3n) is 4.57. The molecule has 3 aromatic rings. The van der Waals surface area contributed by atoms with Gasteiger partial charge in [-0.3, -0.25) is 0 Å². The van der Waals surface area contributed by atoms with Crippen LogP contribution in [0.4, 0.5) is 10.2 Å². The zero-order valence-corrected chi connectivity index (χ0v) is 14.9. The van der Waals surface area contributed by atoms with Gasteiger partial charge in [0.1, 0.15) is 22.8 Å². The standard InChI is InChI=1S/C19H20FN3OS/c1-13-10-17-18(21-12-22-19(17)25-13)23-8-6-16(7-9-23)24-11-14-2-4-15(20)5-3-14/h2-5,10,12,16H,6-9,11H2,1H3. The SMILES string of the molecule is Cc1cc2c(N3CCC(OCc4ccc(F)cc4)CC3)ncnc2s1. The molecule has 0 amide bonds. The van der Waals surface area contributed by atoms with Crippen LogP contribution in [0.25, 0.3) is 10.2 Å². The summed E-state index contributed by atoms with van der Waals surface area (Å²) in [6, 6.07) is 8.68. The van der Waals surface area contributed by atoms with Crippen LogP contribution in [-0.2, 0) is 11.3 Å². The van der Waals surface area contributed by atoms with Gasteiger partial charge < -0.3 is 9.64 Å². The molecule has 0 bridgehead atoms. The molecule has 1 fully saturated rings. The minimum atomic E-state index is -0.211. The van der Waals surface area contributed by atoms with E-state index in [0.717, 1.165) is 47.5 Å². The maximum atomic E-state index is 12.9. The second kappa shape index (κ2) is 7.06. The molecule has 0 aliphatic carbocycles. The number of rotatable bonds is 4. The summed E-state index contributed by atoms with van der Waals surface area (Å²) in [5.41, 5.74) is 1.01. The Balaban J connectivity index is 1.37. The van der Waals surface area contributed by atoms with Gasteiger partial charge in [-0.15, -0.1) is 11.3 Å². The Hall–Kier alpha value is -2.05. The molecule has 0 saturated carbocycles. The average molecular weight is 357 g/mol. The van der Waals surface area contributed by atoms with E-state index in [0.29, 0.717) is 6.61 Å². The molecular weight excluding hydrogens is 337 g/mol. The first kappa shape index (κ1) is 16.4. The molecular formula is C19H20FN3OS. The minimum absolute atomic E-state index is 0.211. The van der Waals surface area contributed by atoms with Crippen molar-refractivity contribution in [2.45, 2.75) is 32.5 Å². The summed E-state index contributed by atoms with van der Waals surface area (Å²) < 4.78 is 18.9. The van der Waals surface area contributed by atoms with Crippen LogP contribution in [0.15, 0.2) is 36.7 Å². The lowest BCUT2D eigenvalue weighted by Gasteiger charge is -2.33. The van der Waals surface area contributed by atoms with Crippen molar-refractivity contribution in [3.8, 4) is 0 Å². The molecule has 1 aliphatic rings. The lowest BCUT2D eigenvalue weighted by Crippen LogP contribution is -2.37. The third-order valence-corrected chi connectivity index (χ3v) is 5.53. The zero-order chi connectivity index (χ0) is 17.2. The van der Waals surface area contributed by atoms with Gasteiger partial charge in [0, 0.05) is 18.0 Å². The molecule has 1 aromatic carbocycles. The third kappa shape index (κ3) is 3.65. The fourth-order valence-corrected chi connectivity index (χ4v) is 4.09. The highest BCUT2D eigenvalue weighted by Gasteiger charge is 2.22. The van der Waals surface area contributed by atoms with Crippen LogP contribution >= 0.6 is 11.3 Å². The van der Waals surface area contributed by atoms with Gasteiger partial charge in [-0.05, 0) is 43.5 Å². The first-order valence-electron chi connectivity index (χ1n) is 8.51. The second-order valence-electron chi connectivity index (χ2n) is 6.40. The first-order chi connectivity index (χ1) is 12.2. The number of aryl methyl sites for hydroxylation is 1. The number of hydrogen-bond acceptors (Lipinski definition) is 5. The molecule has 3 heterocycles. The number of aromatic nitrogens is 2. The van der Waals surface area contributed by atoms with Gasteiger partial charge in [-0.2, -0.15) is 0 Å². The molecule has 1 saturated heterocycles.